The van der Waals surface area contributed by atoms with Gasteiger partial charge in [0.1, 0.15) is 0 Å². The molecule has 3 atom stereocenters. The fourth-order valence-electron chi connectivity index (χ4n) is 3.00. The van der Waals surface area contributed by atoms with E-state index in [0.717, 1.165) is 19.3 Å². The first-order valence-electron chi connectivity index (χ1n) is 8.43. The molecule has 0 saturated carbocycles. The van der Waals surface area contributed by atoms with Gasteiger partial charge < -0.3 is 5.11 Å². The van der Waals surface area contributed by atoms with Gasteiger partial charge in [0.25, 0.3) is 0 Å². The minimum Gasteiger partial charge on any atom is -0.392 e. The van der Waals surface area contributed by atoms with Crippen LogP contribution < -0.4 is 0 Å². The molecule has 0 aliphatic carbocycles. The lowest BCUT2D eigenvalue weighted by atomic mass is 9.80. The summed E-state index contributed by atoms with van der Waals surface area (Å²) in [6.45, 7) is 6.72. The molecule has 0 amide bonds. The van der Waals surface area contributed by atoms with Gasteiger partial charge in [-0.2, -0.15) is 0 Å². The number of hydrogen-bond donors (Lipinski definition) is 1. The predicted octanol–water partition coefficient (Wildman–Crippen LogP) is 5.54. The molecule has 0 aliphatic heterocycles. The Hall–Kier alpha value is -0.820. The fourth-order valence-corrected chi connectivity index (χ4v) is 3.00. The molecule has 1 nitrogen and oxygen atoms in total. The lowest BCUT2D eigenvalue weighted by Crippen LogP contribution is -2.24. The zero-order valence-electron chi connectivity index (χ0n) is 13.5. The van der Waals surface area contributed by atoms with Gasteiger partial charge in [-0.25, -0.2) is 0 Å². The van der Waals surface area contributed by atoms with E-state index in [1.165, 1.54) is 31.2 Å². The van der Waals surface area contributed by atoms with E-state index >= 15 is 0 Å². The number of benzene rings is 1. The van der Waals surface area contributed by atoms with Gasteiger partial charge in [0.2, 0.25) is 0 Å². The molecule has 1 N–H and O–H groups in total. The van der Waals surface area contributed by atoms with Crippen molar-refractivity contribution < 1.29 is 5.11 Å². The van der Waals surface area contributed by atoms with Crippen molar-refractivity contribution in [3.8, 4) is 0 Å². The predicted molar refractivity (Wildman–Crippen MR) is 88.0 cm³/mol. The van der Waals surface area contributed by atoms with E-state index in [1.54, 1.807) is 0 Å². The summed E-state index contributed by atoms with van der Waals surface area (Å²) in [5.41, 5.74) is 1.29. The highest BCUT2D eigenvalue weighted by atomic mass is 16.3. The Labute approximate surface area is 125 Å². The third-order valence-corrected chi connectivity index (χ3v) is 4.46. The Balaban J connectivity index is 2.55. The van der Waals surface area contributed by atoms with E-state index < -0.39 is 0 Å². The van der Waals surface area contributed by atoms with Crippen molar-refractivity contribution in [3.05, 3.63) is 35.9 Å². The third-order valence-electron chi connectivity index (χ3n) is 4.46. The molecule has 0 aromatic heterocycles. The van der Waals surface area contributed by atoms with Crippen molar-refractivity contribution >= 4 is 0 Å². The molecule has 20 heavy (non-hydrogen) atoms. The van der Waals surface area contributed by atoms with Crippen LogP contribution in [0.25, 0.3) is 0 Å². The first-order chi connectivity index (χ1) is 9.70. The maximum absolute atomic E-state index is 10.6. The normalized spacial score (nSPS) is 15.8. The molecule has 1 aromatic rings. The fraction of sp³-hybridized carbons (Fsp3) is 0.684. The molecule has 1 aromatic carbocycles. The minimum absolute atomic E-state index is 0.200. The smallest absolute Gasteiger partial charge is 0.0611 e. The van der Waals surface area contributed by atoms with Crippen LogP contribution in [0.1, 0.15) is 77.2 Å². The van der Waals surface area contributed by atoms with Gasteiger partial charge in [-0.15, -0.1) is 0 Å². The number of aliphatic hydroxyl groups excluding tert-OH is 1. The van der Waals surface area contributed by atoms with Gasteiger partial charge in [0.05, 0.1) is 6.10 Å². The molecule has 0 bridgehead atoms. The van der Waals surface area contributed by atoms with Crippen molar-refractivity contribution in [2.24, 2.45) is 5.92 Å². The lowest BCUT2D eigenvalue weighted by molar-refractivity contribution is 0.105. The Morgan fingerprint density at radius 3 is 2.20 bits per heavy atom. The van der Waals surface area contributed by atoms with Crippen LogP contribution in [0.15, 0.2) is 30.3 Å². The highest BCUT2D eigenvalue weighted by Gasteiger charge is 2.25. The van der Waals surface area contributed by atoms with E-state index in [-0.39, 0.29) is 12.0 Å². The van der Waals surface area contributed by atoms with Gasteiger partial charge in [-0.1, -0.05) is 89.6 Å². The Kier molecular flexibility index (Phi) is 8.60. The SMILES string of the molecule is CCCCCCCC(O)C(c1ccccc1)C(C)CC. The molecule has 114 valence electrons. The van der Waals surface area contributed by atoms with Crippen LogP contribution in [-0.2, 0) is 0 Å². The first-order valence-corrected chi connectivity index (χ1v) is 8.43. The van der Waals surface area contributed by atoms with Gasteiger partial charge in [-0.05, 0) is 17.9 Å². The number of aliphatic hydroxyl groups is 1. The standard InChI is InChI=1S/C19H32O/c1-4-6-7-8-12-15-18(20)19(16(3)5-2)17-13-10-9-11-14-17/h9-11,13-14,16,18-20H,4-8,12,15H2,1-3H3. The van der Waals surface area contributed by atoms with Gasteiger partial charge in [-0.3, -0.25) is 0 Å². The van der Waals surface area contributed by atoms with E-state index in [4.69, 9.17) is 0 Å². The molecule has 0 aliphatic rings. The quantitative estimate of drug-likeness (QED) is 0.556. The van der Waals surface area contributed by atoms with Crippen LogP contribution in [0, 0.1) is 5.92 Å². The van der Waals surface area contributed by atoms with Crippen LogP contribution in [0.2, 0.25) is 0 Å². The molecule has 0 fully saturated rings. The van der Waals surface area contributed by atoms with Crippen molar-refractivity contribution in [1.29, 1.82) is 0 Å². The summed E-state index contributed by atoms with van der Waals surface area (Å²) in [5, 5.41) is 10.6. The summed E-state index contributed by atoms with van der Waals surface area (Å²) in [4.78, 5) is 0. The van der Waals surface area contributed by atoms with Crippen LogP contribution in [0.4, 0.5) is 0 Å². The summed E-state index contributed by atoms with van der Waals surface area (Å²) in [7, 11) is 0. The monoisotopic (exact) mass is 276 g/mol. The molecule has 0 radical (unpaired) electrons. The molecule has 3 unspecified atom stereocenters. The summed E-state index contributed by atoms with van der Waals surface area (Å²) >= 11 is 0. The second kappa shape index (κ2) is 9.99. The third kappa shape index (κ3) is 5.66. The van der Waals surface area contributed by atoms with Crippen LogP contribution in [0.5, 0.6) is 0 Å². The van der Waals surface area contributed by atoms with E-state index in [9.17, 15) is 5.11 Å². The highest BCUT2D eigenvalue weighted by molar-refractivity contribution is 5.21. The molecule has 1 rings (SSSR count). The van der Waals surface area contributed by atoms with Crippen molar-refractivity contribution in [2.75, 3.05) is 0 Å². The Morgan fingerprint density at radius 1 is 0.950 bits per heavy atom. The average molecular weight is 276 g/mol. The Morgan fingerprint density at radius 2 is 1.60 bits per heavy atom. The maximum atomic E-state index is 10.6. The highest BCUT2D eigenvalue weighted by Crippen LogP contribution is 2.32. The summed E-state index contributed by atoms with van der Waals surface area (Å²) < 4.78 is 0. The van der Waals surface area contributed by atoms with E-state index in [0.29, 0.717) is 5.92 Å². The summed E-state index contributed by atoms with van der Waals surface area (Å²) in [6.07, 6.45) is 8.18. The van der Waals surface area contributed by atoms with Gasteiger partial charge >= 0.3 is 0 Å². The number of unbranched alkanes of at least 4 members (excludes halogenated alkanes) is 4. The van der Waals surface area contributed by atoms with Gasteiger partial charge in [0.15, 0.2) is 0 Å². The van der Waals surface area contributed by atoms with E-state index in [2.05, 4.69) is 45.0 Å². The number of hydrogen-bond acceptors (Lipinski definition) is 1. The number of rotatable bonds is 10. The molecule has 0 heterocycles. The summed E-state index contributed by atoms with van der Waals surface area (Å²) in [5.74, 6) is 0.815. The first kappa shape index (κ1) is 17.2. The zero-order chi connectivity index (χ0) is 14.8. The second-order valence-corrected chi connectivity index (χ2v) is 6.09. The van der Waals surface area contributed by atoms with Crippen LogP contribution in [-0.4, -0.2) is 11.2 Å². The molecule has 0 saturated heterocycles. The van der Waals surface area contributed by atoms with Crippen molar-refractivity contribution in [2.45, 2.75) is 77.7 Å². The maximum Gasteiger partial charge on any atom is 0.0611 e. The molecular weight excluding hydrogens is 244 g/mol. The topological polar surface area (TPSA) is 20.2 Å². The minimum atomic E-state index is -0.200. The average Bonchev–Trinajstić information content (AvgIpc) is 2.48. The lowest BCUT2D eigenvalue weighted by Gasteiger charge is -2.28. The van der Waals surface area contributed by atoms with Crippen molar-refractivity contribution in [3.63, 3.8) is 0 Å². The zero-order valence-corrected chi connectivity index (χ0v) is 13.5. The molecular formula is C19H32O. The Bertz CT molecular complexity index is 333. The van der Waals surface area contributed by atoms with Crippen LogP contribution in [0.3, 0.4) is 0 Å². The van der Waals surface area contributed by atoms with Gasteiger partial charge in [0, 0.05) is 5.92 Å². The second-order valence-electron chi connectivity index (χ2n) is 6.09. The molecule has 1 heteroatoms. The van der Waals surface area contributed by atoms with E-state index in [1.807, 2.05) is 6.07 Å². The largest absolute Gasteiger partial charge is 0.392 e. The van der Waals surface area contributed by atoms with Crippen molar-refractivity contribution in [1.82, 2.24) is 0 Å². The van der Waals surface area contributed by atoms with Crippen LogP contribution >= 0.6 is 0 Å². The molecule has 0 spiro atoms. The summed E-state index contributed by atoms with van der Waals surface area (Å²) in [6, 6.07) is 10.5.